The lowest BCUT2D eigenvalue weighted by Gasteiger charge is -2.11. The Morgan fingerprint density at radius 1 is 1.38 bits per heavy atom. The Bertz CT molecular complexity index is 296. The van der Waals surface area contributed by atoms with Crippen LogP contribution in [0.15, 0.2) is 6.33 Å². The van der Waals surface area contributed by atoms with Gasteiger partial charge in [0.15, 0.2) is 0 Å². The molecule has 1 rings (SSSR count). The number of aromatic nitrogens is 3. The first kappa shape index (κ1) is 13.2. The topological polar surface area (TPSA) is 50.9 Å². The maximum atomic E-state index is 9.61. The molecule has 0 aliphatic heterocycles. The van der Waals surface area contributed by atoms with Gasteiger partial charge in [-0.05, 0) is 33.1 Å². The van der Waals surface area contributed by atoms with Crippen LogP contribution < -0.4 is 0 Å². The lowest BCUT2D eigenvalue weighted by Crippen LogP contribution is -2.10. The summed E-state index contributed by atoms with van der Waals surface area (Å²) in [5, 5.41) is 13.8. The predicted octanol–water partition coefficient (Wildman–Crippen LogP) is 2.34. The van der Waals surface area contributed by atoms with Crippen LogP contribution in [-0.2, 0) is 6.42 Å². The smallest absolute Gasteiger partial charge is 0.138 e. The zero-order valence-corrected chi connectivity index (χ0v) is 10.6. The third kappa shape index (κ3) is 3.93. The molecule has 0 saturated heterocycles. The van der Waals surface area contributed by atoms with E-state index >= 15 is 0 Å². The lowest BCUT2D eigenvalue weighted by molar-refractivity contribution is 0.151. The zero-order valence-electron chi connectivity index (χ0n) is 10.6. The molecule has 1 N–H and O–H groups in total. The standard InChI is InChI=1S/C12H23N3O/c1-4-6-11(16)7-5-8-12-13-9-14-15(12)10(2)3/h9-11,16H,4-8H2,1-3H3. The van der Waals surface area contributed by atoms with Crippen LogP contribution in [0.2, 0.25) is 0 Å². The largest absolute Gasteiger partial charge is 0.393 e. The molecule has 4 heteroatoms. The van der Waals surface area contributed by atoms with Gasteiger partial charge in [0.2, 0.25) is 0 Å². The van der Waals surface area contributed by atoms with Crippen molar-refractivity contribution in [2.45, 2.75) is 65.0 Å². The van der Waals surface area contributed by atoms with Gasteiger partial charge in [-0.2, -0.15) is 5.10 Å². The second-order valence-electron chi connectivity index (χ2n) is 4.55. The van der Waals surface area contributed by atoms with E-state index < -0.39 is 0 Å². The number of aryl methyl sites for hydroxylation is 1. The van der Waals surface area contributed by atoms with Crippen molar-refractivity contribution in [2.75, 3.05) is 0 Å². The quantitative estimate of drug-likeness (QED) is 0.775. The molecule has 16 heavy (non-hydrogen) atoms. The Morgan fingerprint density at radius 2 is 2.12 bits per heavy atom. The van der Waals surface area contributed by atoms with E-state index in [1.165, 1.54) is 0 Å². The summed E-state index contributed by atoms with van der Waals surface area (Å²) in [5.41, 5.74) is 0. The number of nitrogens with zero attached hydrogens (tertiary/aromatic N) is 3. The van der Waals surface area contributed by atoms with Gasteiger partial charge in [0, 0.05) is 12.5 Å². The highest BCUT2D eigenvalue weighted by Crippen LogP contribution is 2.10. The molecule has 1 aromatic heterocycles. The molecular weight excluding hydrogens is 202 g/mol. The third-order valence-electron chi connectivity index (χ3n) is 2.70. The Labute approximate surface area is 97.7 Å². The van der Waals surface area contributed by atoms with Crippen molar-refractivity contribution in [3.05, 3.63) is 12.2 Å². The first-order valence-corrected chi connectivity index (χ1v) is 6.21. The normalized spacial score (nSPS) is 13.3. The van der Waals surface area contributed by atoms with Gasteiger partial charge >= 0.3 is 0 Å². The van der Waals surface area contributed by atoms with E-state index in [1.807, 2.05) is 4.68 Å². The molecule has 0 aliphatic rings. The molecule has 0 saturated carbocycles. The molecule has 1 aromatic rings. The summed E-state index contributed by atoms with van der Waals surface area (Å²) >= 11 is 0. The van der Waals surface area contributed by atoms with Gasteiger partial charge in [0.1, 0.15) is 12.2 Å². The molecule has 0 aliphatic carbocycles. The Morgan fingerprint density at radius 3 is 2.75 bits per heavy atom. The van der Waals surface area contributed by atoms with Crippen LogP contribution >= 0.6 is 0 Å². The highest BCUT2D eigenvalue weighted by molar-refractivity contribution is 4.86. The van der Waals surface area contributed by atoms with Crippen LogP contribution in [0.3, 0.4) is 0 Å². The molecule has 0 aromatic carbocycles. The summed E-state index contributed by atoms with van der Waals surface area (Å²) in [7, 11) is 0. The first-order valence-electron chi connectivity index (χ1n) is 6.21. The minimum atomic E-state index is -0.152. The fraction of sp³-hybridized carbons (Fsp3) is 0.833. The molecular formula is C12H23N3O. The van der Waals surface area contributed by atoms with E-state index in [-0.39, 0.29) is 6.10 Å². The molecule has 0 fully saturated rings. The fourth-order valence-electron chi connectivity index (χ4n) is 1.86. The molecule has 1 atom stereocenters. The van der Waals surface area contributed by atoms with Crippen molar-refractivity contribution >= 4 is 0 Å². The second kappa shape index (κ2) is 6.63. The Hall–Kier alpha value is -0.900. The van der Waals surface area contributed by atoms with Crippen LogP contribution in [0.1, 0.15) is 58.3 Å². The van der Waals surface area contributed by atoms with Crippen molar-refractivity contribution < 1.29 is 5.11 Å². The summed E-state index contributed by atoms with van der Waals surface area (Å²) in [4.78, 5) is 4.25. The predicted molar refractivity (Wildman–Crippen MR) is 64.3 cm³/mol. The highest BCUT2D eigenvalue weighted by Gasteiger charge is 2.08. The SMILES string of the molecule is CCCC(O)CCCc1ncnn1C(C)C. The number of aliphatic hydroxyl groups excluding tert-OH is 1. The van der Waals surface area contributed by atoms with Gasteiger partial charge in [-0.15, -0.1) is 0 Å². The van der Waals surface area contributed by atoms with Gasteiger partial charge < -0.3 is 5.11 Å². The number of hydrogen-bond acceptors (Lipinski definition) is 3. The van der Waals surface area contributed by atoms with E-state index in [2.05, 4.69) is 30.9 Å². The van der Waals surface area contributed by atoms with Crippen molar-refractivity contribution in [1.82, 2.24) is 14.8 Å². The van der Waals surface area contributed by atoms with Crippen molar-refractivity contribution in [3.8, 4) is 0 Å². The van der Waals surface area contributed by atoms with E-state index in [9.17, 15) is 5.11 Å². The fourth-order valence-corrected chi connectivity index (χ4v) is 1.86. The minimum absolute atomic E-state index is 0.152. The van der Waals surface area contributed by atoms with E-state index in [0.29, 0.717) is 6.04 Å². The first-order chi connectivity index (χ1) is 7.65. The van der Waals surface area contributed by atoms with Gasteiger partial charge in [-0.1, -0.05) is 13.3 Å². The minimum Gasteiger partial charge on any atom is -0.393 e. The maximum Gasteiger partial charge on any atom is 0.138 e. The molecule has 0 amide bonds. The highest BCUT2D eigenvalue weighted by atomic mass is 16.3. The van der Waals surface area contributed by atoms with Crippen LogP contribution in [0.25, 0.3) is 0 Å². The maximum absolute atomic E-state index is 9.61. The van der Waals surface area contributed by atoms with Gasteiger partial charge in [-0.25, -0.2) is 9.67 Å². The molecule has 0 radical (unpaired) electrons. The summed E-state index contributed by atoms with van der Waals surface area (Å²) in [6, 6.07) is 0.359. The summed E-state index contributed by atoms with van der Waals surface area (Å²) in [5.74, 6) is 1.03. The van der Waals surface area contributed by atoms with E-state index in [0.717, 1.165) is 37.9 Å². The Kier molecular flexibility index (Phi) is 5.46. The number of hydrogen-bond donors (Lipinski definition) is 1. The van der Waals surface area contributed by atoms with Crippen LogP contribution in [0, 0.1) is 0 Å². The van der Waals surface area contributed by atoms with E-state index in [1.54, 1.807) is 6.33 Å². The molecule has 0 spiro atoms. The van der Waals surface area contributed by atoms with E-state index in [4.69, 9.17) is 0 Å². The molecule has 4 nitrogen and oxygen atoms in total. The zero-order chi connectivity index (χ0) is 12.0. The molecule has 92 valence electrons. The summed E-state index contributed by atoms with van der Waals surface area (Å²) < 4.78 is 1.95. The van der Waals surface area contributed by atoms with Crippen molar-refractivity contribution in [2.24, 2.45) is 0 Å². The van der Waals surface area contributed by atoms with Crippen LogP contribution in [0.5, 0.6) is 0 Å². The van der Waals surface area contributed by atoms with Crippen molar-refractivity contribution in [1.29, 1.82) is 0 Å². The summed E-state index contributed by atoms with van der Waals surface area (Å²) in [6.07, 6.45) is 6.14. The number of aliphatic hydroxyl groups is 1. The average Bonchev–Trinajstić information content (AvgIpc) is 2.66. The van der Waals surface area contributed by atoms with Crippen LogP contribution in [0.4, 0.5) is 0 Å². The Balaban J connectivity index is 2.34. The molecule has 1 heterocycles. The third-order valence-corrected chi connectivity index (χ3v) is 2.70. The lowest BCUT2D eigenvalue weighted by atomic mass is 10.1. The molecule has 1 unspecified atom stereocenters. The van der Waals surface area contributed by atoms with Gasteiger partial charge in [0.25, 0.3) is 0 Å². The monoisotopic (exact) mass is 225 g/mol. The second-order valence-corrected chi connectivity index (χ2v) is 4.55. The van der Waals surface area contributed by atoms with Gasteiger partial charge in [-0.3, -0.25) is 0 Å². The molecule has 0 bridgehead atoms. The average molecular weight is 225 g/mol. The van der Waals surface area contributed by atoms with Gasteiger partial charge in [0.05, 0.1) is 6.10 Å². The summed E-state index contributed by atoms with van der Waals surface area (Å²) in [6.45, 7) is 6.30. The number of rotatable bonds is 7. The van der Waals surface area contributed by atoms with Crippen LogP contribution in [-0.4, -0.2) is 26.0 Å². The van der Waals surface area contributed by atoms with Crippen molar-refractivity contribution in [3.63, 3.8) is 0 Å².